The number of epoxide rings is 1. The van der Waals surface area contributed by atoms with Gasteiger partial charge >= 0.3 is 11.9 Å². The summed E-state index contributed by atoms with van der Waals surface area (Å²) < 4.78 is 17.0. The van der Waals surface area contributed by atoms with E-state index in [4.69, 9.17) is 14.2 Å². The zero-order valence-electron chi connectivity index (χ0n) is 17.0. The fraction of sp³-hybridized carbons (Fsp3) is 0.636. The average Bonchev–Trinajstić information content (AvgIpc) is 3.13. The number of hydrogen-bond acceptors (Lipinski definition) is 5. The molecule has 0 aromatic heterocycles. The molecule has 3 rings (SSSR count). The van der Waals surface area contributed by atoms with E-state index >= 15 is 0 Å². The van der Waals surface area contributed by atoms with Gasteiger partial charge < -0.3 is 14.2 Å². The first-order valence-electron chi connectivity index (χ1n) is 9.78. The number of carbonyl (C=O) groups excluding carboxylic acids is 2. The highest BCUT2D eigenvalue weighted by atomic mass is 16.6. The molecule has 0 amide bonds. The van der Waals surface area contributed by atoms with Gasteiger partial charge in [-0.25, -0.2) is 4.79 Å². The molecule has 148 valence electrons. The lowest BCUT2D eigenvalue weighted by Gasteiger charge is -2.18. The van der Waals surface area contributed by atoms with Crippen molar-refractivity contribution in [2.24, 2.45) is 0 Å². The predicted octanol–water partition coefficient (Wildman–Crippen LogP) is 4.17. The highest BCUT2D eigenvalue weighted by Crippen LogP contribution is 2.45. The Hall–Kier alpha value is -1.88. The van der Waals surface area contributed by atoms with Crippen molar-refractivity contribution in [2.75, 3.05) is 0 Å². The van der Waals surface area contributed by atoms with Gasteiger partial charge in [0.25, 0.3) is 0 Å². The van der Waals surface area contributed by atoms with Gasteiger partial charge in [-0.05, 0) is 71.1 Å². The lowest BCUT2D eigenvalue weighted by Crippen LogP contribution is -2.17. The van der Waals surface area contributed by atoms with Crippen molar-refractivity contribution in [3.8, 4) is 0 Å². The van der Waals surface area contributed by atoms with Crippen LogP contribution < -0.4 is 0 Å². The first-order chi connectivity index (χ1) is 12.7. The molecule has 4 atom stereocenters. The van der Waals surface area contributed by atoms with Gasteiger partial charge in [0, 0.05) is 18.9 Å². The van der Waals surface area contributed by atoms with Crippen LogP contribution in [0.5, 0.6) is 0 Å². The van der Waals surface area contributed by atoms with E-state index in [1.54, 1.807) is 0 Å². The summed E-state index contributed by atoms with van der Waals surface area (Å²) in [5.41, 5.74) is 3.88. The van der Waals surface area contributed by atoms with Crippen LogP contribution in [0.4, 0.5) is 0 Å². The lowest BCUT2D eigenvalue weighted by atomic mass is 9.90. The monoisotopic (exact) mass is 374 g/mol. The van der Waals surface area contributed by atoms with E-state index in [1.165, 1.54) is 12.5 Å². The van der Waals surface area contributed by atoms with Gasteiger partial charge in [0.2, 0.25) is 0 Å². The van der Waals surface area contributed by atoms with Gasteiger partial charge in [-0.1, -0.05) is 11.1 Å². The molecule has 0 N–H and O–H groups in total. The lowest BCUT2D eigenvalue weighted by molar-refractivity contribution is -0.144. The van der Waals surface area contributed by atoms with E-state index in [1.807, 2.05) is 26.0 Å². The summed E-state index contributed by atoms with van der Waals surface area (Å²) >= 11 is 0. The number of fused-ring (bicyclic) bond motifs is 2. The number of ether oxygens (including phenoxy) is 3. The molecule has 27 heavy (non-hydrogen) atoms. The van der Waals surface area contributed by atoms with Gasteiger partial charge in [-0.2, -0.15) is 0 Å². The number of hydrogen-bond donors (Lipinski definition) is 0. The molecule has 1 fully saturated rings. The Labute approximate surface area is 161 Å². The smallest absolute Gasteiger partial charge is 0.334 e. The zero-order valence-corrected chi connectivity index (χ0v) is 17.0. The number of allylic oxidation sites excluding steroid dienone is 1. The minimum absolute atomic E-state index is 0.123. The summed E-state index contributed by atoms with van der Waals surface area (Å²) in [4.78, 5) is 23.6. The average molecular weight is 374 g/mol. The molecular formula is C22H30O5. The van der Waals surface area contributed by atoms with Crippen LogP contribution in [0.3, 0.4) is 0 Å². The van der Waals surface area contributed by atoms with Gasteiger partial charge in [0.05, 0.1) is 11.7 Å². The Balaban J connectivity index is 1.88. The first-order valence-corrected chi connectivity index (χ1v) is 9.78. The molecule has 0 spiro atoms. The zero-order chi connectivity index (χ0) is 19.8. The standard InChI is InChI=1S/C22H30O5/c1-13-6-7-20-22(5,27-20)9-8-18-15(3)21(24)26-19(18)12-14(2)11-17(10-13)25-16(4)23/h10,12,17,19-20H,6-9,11H2,1-5H3/b13-10+,14-12+/t17-,19-,20+,22+/m0/s1. The molecule has 0 bridgehead atoms. The van der Waals surface area contributed by atoms with Crippen LogP contribution in [0.25, 0.3) is 0 Å². The Morgan fingerprint density at radius 2 is 1.93 bits per heavy atom. The minimum atomic E-state index is -0.329. The van der Waals surface area contributed by atoms with Crippen LogP contribution in [0.15, 0.2) is 34.4 Å². The molecular weight excluding hydrogens is 344 g/mol. The second-order valence-corrected chi connectivity index (χ2v) is 8.31. The summed E-state index contributed by atoms with van der Waals surface area (Å²) in [7, 11) is 0. The van der Waals surface area contributed by atoms with E-state index in [9.17, 15) is 9.59 Å². The van der Waals surface area contributed by atoms with Crippen LogP contribution in [0.2, 0.25) is 0 Å². The van der Waals surface area contributed by atoms with E-state index < -0.39 is 0 Å². The van der Waals surface area contributed by atoms with E-state index in [2.05, 4.69) is 13.8 Å². The molecule has 0 saturated carbocycles. The maximum atomic E-state index is 12.1. The maximum absolute atomic E-state index is 12.1. The Kier molecular flexibility index (Phi) is 5.61. The summed E-state index contributed by atoms with van der Waals surface area (Å²) in [5.74, 6) is -0.533. The van der Waals surface area contributed by atoms with Crippen molar-refractivity contribution in [1.29, 1.82) is 0 Å². The number of carbonyl (C=O) groups is 2. The molecule has 0 aromatic rings. The summed E-state index contributed by atoms with van der Waals surface area (Å²) in [5, 5.41) is 0. The van der Waals surface area contributed by atoms with Crippen molar-refractivity contribution in [1.82, 2.24) is 0 Å². The molecule has 2 heterocycles. The summed E-state index contributed by atoms with van der Waals surface area (Å²) in [6, 6.07) is 0. The maximum Gasteiger partial charge on any atom is 0.334 e. The number of esters is 2. The molecule has 1 aliphatic carbocycles. The topological polar surface area (TPSA) is 65.1 Å². The van der Waals surface area contributed by atoms with Crippen LogP contribution >= 0.6 is 0 Å². The first kappa shape index (κ1) is 19.9. The highest BCUT2D eigenvalue weighted by Gasteiger charge is 2.51. The van der Waals surface area contributed by atoms with Crippen LogP contribution in [-0.2, 0) is 23.8 Å². The largest absolute Gasteiger partial charge is 0.458 e. The van der Waals surface area contributed by atoms with Crippen LogP contribution in [0.1, 0.15) is 66.7 Å². The quantitative estimate of drug-likeness (QED) is 0.391. The van der Waals surface area contributed by atoms with Gasteiger partial charge in [-0.3, -0.25) is 4.79 Å². The van der Waals surface area contributed by atoms with Crippen molar-refractivity contribution >= 4 is 11.9 Å². The molecule has 0 unspecified atom stereocenters. The fourth-order valence-corrected chi connectivity index (χ4v) is 4.09. The Morgan fingerprint density at radius 1 is 1.19 bits per heavy atom. The molecule has 5 heteroatoms. The predicted molar refractivity (Wildman–Crippen MR) is 102 cm³/mol. The van der Waals surface area contributed by atoms with Crippen LogP contribution in [-0.4, -0.2) is 35.9 Å². The SMILES string of the molecule is CC(=O)O[C@H]1/C=C(\C)CC[C@H]2O[C@]2(C)CCC2=C(C)C(=O)O[C@H]2/C=C(\C)C1. The second-order valence-electron chi connectivity index (χ2n) is 8.31. The van der Waals surface area contributed by atoms with E-state index in [-0.39, 0.29) is 35.9 Å². The van der Waals surface area contributed by atoms with Crippen molar-refractivity contribution < 1.29 is 23.8 Å². The second kappa shape index (κ2) is 7.63. The summed E-state index contributed by atoms with van der Waals surface area (Å²) in [6.45, 7) is 9.48. The molecule has 1 saturated heterocycles. The third-order valence-corrected chi connectivity index (χ3v) is 5.84. The Morgan fingerprint density at radius 3 is 2.63 bits per heavy atom. The molecule has 3 aliphatic rings. The normalized spacial score (nSPS) is 38.4. The highest BCUT2D eigenvalue weighted by molar-refractivity contribution is 5.92. The minimum Gasteiger partial charge on any atom is -0.458 e. The van der Waals surface area contributed by atoms with Gasteiger partial charge in [0.1, 0.15) is 12.2 Å². The van der Waals surface area contributed by atoms with Crippen LogP contribution in [0, 0.1) is 0 Å². The fourth-order valence-electron chi connectivity index (χ4n) is 4.09. The van der Waals surface area contributed by atoms with E-state index in [0.29, 0.717) is 12.0 Å². The molecule has 0 aromatic carbocycles. The Bertz CT molecular complexity index is 729. The molecule has 2 aliphatic heterocycles. The molecule has 0 radical (unpaired) electrons. The van der Waals surface area contributed by atoms with Crippen molar-refractivity contribution in [2.45, 2.75) is 90.6 Å². The van der Waals surface area contributed by atoms with Gasteiger partial charge in [-0.15, -0.1) is 0 Å². The van der Waals surface area contributed by atoms with Crippen molar-refractivity contribution in [3.63, 3.8) is 0 Å². The third-order valence-electron chi connectivity index (χ3n) is 5.84. The molecule has 5 nitrogen and oxygen atoms in total. The third kappa shape index (κ3) is 4.70. The van der Waals surface area contributed by atoms with Gasteiger partial charge in [0.15, 0.2) is 0 Å². The number of rotatable bonds is 1. The van der Waals surface area contributed by atoms with Crippen molar-refractivity contribution in [3.05, 3.63) is 34.4 Å². The summed E-state index contributed by atoms with van der Waals surface area (Å²) in [6.07, 6.45) is 7.78. The van der Waals surface area contributed by atoms with E-state index in [0.717, 1.165) is 36.8 Å².